The van der Waals surface area contributed by atoms with Crippen molar-refractivity contribution in [1.82, 2.24) is 0 Å². The highest BCUT2D eigenvalue weighted by atomic mass is 15.0. The monoisotopic (exact) mass is 259 g/mol. The lowest BCUT2D eigenvalue weighted by Crippen LogP contribution is -1.97. The van der Waals surface area contributed by atoms with Crippen LogP contribution in [0.4, 0.5) is 22.7 Å². The Kier molecular flexibility index (Phi) is 3.65. The Balaban J connectivity index is 1.85. The van der Waals surface area contributed by atoms with Crippen LogP contribution in [0.15, 0.2) is 78.9 Å². The molecule has 2 nitrogen and oxygen atoms in total. The van der Waals surface area contributed by atoms with Crippen LogP contribution in [0.5, 0.6) is 0 Å². The zero-order valence-electron chi connectivity index (χ0n) is 11.0. The summed E-state index contributed by atoms with van der Waals surface area (Å²) in [5.74, 6) is 0. The normalized spacial score (nSPS) is 10.0. The van der Waals surface area contributed by atoms with E-state index in [2.05, 4.69) is 22.8 Å². The number of nitrogens with one attached hydrogen (secondary N) is 2. The minimum absolute atomic E-state index is 0.954. The van der Waals surface area contributed by atoms with E-state index in [0.29, 0.717) is 0 Å². The standard InChI is InChI=1S/C18H15N2/c1-3-9-15(10-4-1)19-17-13-7-8-14-18(17)20-16-11-5-2-6-12-16/h1-11,13-14,19-20H. The van der Waals surface area contributed by atoms with Gasteiger partial charge in [0.1, 0.15) is 0 Å². The summed E-state index contributed by atoms with van der Waals surface area (Å²) in [6.07, 6.45) is 0. The first kappa shape index (κ1) is 12.3. The highest BCUT2D eigenvalue weighted by molar-refractivity contribution is 5.77. The van der Waals surface area contributed by atoms with Crippen molar-refractivity contribution >= 4 is 22.7 Å². The van der Waals surface area contributed by atoms with Gasteiger partial charge in [-0.1, -0.05) is 48.5 Å². The molecule has 1 radical (unpaired) electrons. The zero-order valence-corrected chi connectivity index (χ0v) is 11.0. The second-order valence-electron chi connectivity index (χ2n) is 4.44. The molecule has 0 unspecified atom stereocenters. The third-order valence-electron chi connectivity index (χ3n) is 2.96. The Morgan fingerprint density at radius 2 is 1.25 bits per heavy atom. The van der Waals surface area contributed by atoms with Crippen LogP contribution < -0.4 is 10.6 Å². The lowest BCUT2D eigenvalue weighted by atomic mass is 10.2. The summed E-state index contributed by atoms with van der Waals surface area (Å²) in [6, 6.07) is 29.3. The second kappa shape index (κ2) is 5.93. The molecule has 0 saturated carbocycles. The lowest BCUT2D eigenvalue weighted by Gasteiger charge is -2.13. The molecule has 0 aliphatic rings. The molecule has 0 aromatic heterocycles. The average Bonchev–Trinajstić information content (AvgIpc) is 2.51. The van der Waals surface area contributed by atoms with Gasteiger partial charge in [-0.05, 0) is 30.3 Å². The topological polar surface area (TPSA) is 24.1 Å². The largest absolute Gasteiger partial charge is 0.354 e. The van der Waals surface area contributed by atoms with E-state index >= 15 is 0 Å². The van der Waals surface area contributed by atoms with E-state index in [1.807, 2.05) is 72.8 Å². The molecule has 97 valence electrons. The predicted octanol–water partition coefficient (Wildman–Crippen LogP) is 4.97. The molecular formula is C18H15N2. The number of benzene rings is 3. The minimum Gasteiger partial charge on any atom is -0.354 e. The first-order valence-corrected chi connectivity index (χ1v) is 6.57. The van der Waals surface area contributed by atoms with Gasteiger partial charge in [-0.25, -0.2) is 0 Å². The highest BCUT2D eigenvalue weighted by Crippen LogP contribution is 2.27. The van der Waals surface area contributed by atoms with Crippen molar-refractivity contribution in [3.8, 4) is 0 Å². The van der Waals surface area contributed by atoms with Crippen LogP contribution in [0.25, 0.3) is 0 Å². The van der Waals surface area contributed by atoms with Crippen molar-refractivity contribution < 1.29 is 0 Å². The molecule has 2 heteroatoms. The van der Waals surface area contributed by atoms with Crippen molar-refractivity contribution in [1.29, 1.82) is 0 Å². The number of hydrogen-bond acceptors (Lipinski definition) is 2. The summed E-state index contributed by atoms with van der Waals surface area (Å²) in [5.41, 5.74) is 4.09. The van der Waals surface area contributed by atoms with Gasteiger partial charge >= 0.3 is 0 Å². The Labute approximate surface area is 119 Å². The van der Waals surface area contributed by atoms with Crippen molar-refractivity contribution in [3.05, 3.63) is 84.9 Å². The number of para-hydroxylation sites is 4. The summed E-state index contributed by atoms with van der Waals surface area (Å²) >= 11 is 0. The Hall–Kier alpha value is -2.74. The Morgan fingerprint density at radius 1 is 0.600 bits per heavy atom. The second-order valence-corrected chi connectivity index (χ2v) is 4.44. The third kappa shape index (κ3) is 2.98. The molecule has 20 heavy (non-hydrogen) atoms. The molecule has 0 atom stereocenters. The fourth-order valence-electron chi connectivity index (χ4n) is 1.99. The van der Waals surface area contributed by atoms with E-state index in [0.717, 1.165) is 22.7 Å². The fraction of sp³-hybridized carbons (Fsp3) is 0. The molecule has 0 bridgehead atoms. The van der Waals surface area contributed by atoms with E-state index in [-0.39, 0.29) is 0 Å². The smallest absolute Gasteiger partial charge is 0.0623 e. The molecular weight excluding hydrogens is 244 g/mol. The van der Waals surface area contributed by atoms with E-state index in [1.165, 1.54) is 0 Å². The van der Waals surface area contributed by atoms with Crippen molar-refractivity contribution in [3.63, 3.8) is 0 Å². The van der Waals surface area contributed by atoms with E-state index in [4.69, 9.17) is 0 Å². The van der Waals surface area contributed by atoms with Gasteiger partial charge in [0.05, 0.1) is 11.4 Å². The van der Waals surface area contributed by atoms with E-state index in [1.54, 1.807) is 0 Å². The van der Waals surface area contributed by atoms with Crippen molar-refractivity contribution in [2.75, 3.05) is 10.6 Å². The van der Waals surface area contributed by atoms with E-state index in [9.17, 15) is 0 Å². The van der Waals surface area contributed by atoms with Gasteiger partial charge in [0.15, 0.2) is 0 Å². The van der Waals surface area contributed by atoms with Gasteiger partial charge in [0.25, 0.3) is 0 Å². The molecule has 0 fully saturated rings. The summed E-state index contributed by atoms with van der Waals surface area (Å²) in [4.78, 5) is 0. The zero-order chi connectivity index (χ0) is 13.6. The summed E-state index contributed by atoms with van der Waals surface area (Å²) < 4.78 is 0. The van der Waals surface area contributed by atoms with Gasteiger partial charge < -0.3 is 10.6 Å². The maximum absolute atomic E-state index is 3.42. The van der Waals surface area contributed by atoms with Crippen LogP contribution in [-0.2, 0) is 0 Å². The minimum atomic E-state index is 0.954. The van der Waals surface area contributed by atoms with Gasteiger partial charge in [-0.2, -0.15) is 0 Å². The molecule has 0 amide bonds. The molecule has 3 aromatic carbocycles. The highest BCUT2D eigenvalue weighted by Gasteiger charge is 2.02. The van der Waals surface area contributed by atoms with E-state index < -0.39 is 0 Å². The molecule has 2 N–H and O–H groups in total. The molecule has 3 aromatic rings. The van der Waals surface area contributed by atoms with Crippen LogP contribution >= 0.6 is 0 Å². The molecule has 0 saturated heterocycles. The first-order chi connectivity index (χ1) is 9.92. The third-order valence-corrected chi connectivity index (χ3v) is 2.96. The quantitative estimate of drug-likeness (QED) is 0.691. The molecule has 0 aliphatic heterocycles. The van der Waals surface area contributed by atoms with Crippen molar-refractivity contribution in [2.45, 2.75) is 0 Å². The van der Waals surface area contributed by atoms with Crippen molar-refractivity contribution in [2.24, 2.45) is 0 Å². The van der Waals surface area contributed by atoms with Gasteiger partial charge in [0, 0.05) is 17.4 Å². The summed E-state index contributed by atoms with van der Waals surface area (Å²) in [6.45, 7) is 0. The molecule has 0 heterocycles. The number of rotatable bonds is 4. The first-order valence-electron chi connectivity index (χ1n) is 6.57. The van der Waals surface area contributed by atoms with Crippen LogP contribution in [0.1, 0.15) is 0 Å². The molecule has 3 rings (SSSR count). The SMILES string of the molecule is [c]1ccccc1Nc1ccccc1Nc1ccccc1. The van der Waals surface area contributed by atoms with Crippen LogP contribution in [0, 0.1) is 6.07 Å². The fourth-order valence-corrected chi connectivity index (χ4v) is 1.99. The van der Waals surface area contributed by atoms with Crippen LogP contribution in [-0.4, -0.2) is 0 Å². The number of hydrogen-bond donors (Lipinski definition) is 2. The predicted molar refractivity (Wildman–Crippen MR) is 84.7 cm³/mol. The van der Waals surface area contributed by atoms with Crippen LogP contribution in [0.2, 0.25) is 0 Å². The van der Waals surface area contributed by atoms with Gasteiger partial charge in [-0.3, -0.25) is 0 Å². The van der Waals surface area contributed by atoms with Gasteiger partial charge in [0.2, 0.25) is 0 Å². The van der Waals surface area contributed by atoms with Gasteiger partial charge in [-0.15, -0.1) is 0 Å². The molecule has 0 spiro atoms. The maximum Gasteiger partial charge on any atom is 0.0623 e. The summed E-state index contributed by atoms with van der Waals surface area (Å²) in [7, 11) is 0. The number of anilines is 4. The Morgan fingerprint density at radius 3 is 1.95 bits per heavy atom. The summed E-state index contributed by atoms with van der Waals surface area (Å²) in [5, 5.41) is 6.79. The molecule has 0 aliphatic carbocycles. The average molecular weight is 259 g/mol. The maximum atomic E-state index is 3.42. The van der Waals surface area contributed by atoms with Crippen LogP contribution in [0.3, 0.4) is 0 Å². The Bertz CT molecular complexity index is 603. The lowest BCUT2D eigenvalue weighted by molar-refractivity contribution is 1.50.